The van der Waals surface area contributed by atoms with E-state index in [4.69, 9.17) is 20.6 Å². The summed E-state index contributed by atoms with van der Waals surface area (Å²) in [5, 5.41) is 9.94. The Morgan fingerprint density at radius 1 is 1.00 bits per heavy atom. The van der Waals surface area contributed by atoms with Crippen LogP contribution in [-0.2, 0) is 16.1 Å². The molecule has 0 spiro atoms. The van der Waals surface area contributed by atoms with Crippen molar-refractivity contribution in [2.75, 3.05) is 6.61 Å². The number of carbonyl (C=O) groups is 1. The monoisotopic (exact) mass is 523 g/mol. The van der Waals surface area contributed by atoms with E-state index in [9.17, 15) is 26.7 Å². The molecule has 0 aliphatic carbocycles. The van der Waals surface area contributed by atoms with E-state index in [1.807, 2.05) is 0 Å². The summed E-state index contributed by atoms with van der Waals surface area (Å²) in [5.41, 5.74) is 5.89. The third kappa shape index (κ3) is 7.64. The minimum absolute atomic E-state index is 0.0152. The molecule has 1 atom stereocenters. The minimum Gasteiger partial charge on any atom is -0.457 e. The number of carbonyl (C=O) groups excluding carboxylic acids is 1. The van der Waals surface area contributed by atoms with Gasteiger partial charge in [0.05, 0.1) is 5.56 Å². The molecule has 196 valence electrons. The zero-order valence-electron chi connectivity index (χ0n) is 19.4. The first kappa shape index (κ1) is 27.4. The molecule has 0 saturated heterocycles. The van der Waals surface area contributed by atoms with Crippen LogP contribution in [0, 0.1) is 17.0 Å². The van der Waals surface area contributed by atoms with Crippen molar-refractivity contribution >= 4 is 11.7 Å². The quantitative estimate of drug-likeness (QED) is 0.189. The Kier molecular flexibility index (Phi) is 8.66. The van der Waals surface area contributed by atoms with Gasteiger partial charge in [-0.05, 0) is 24.6 Å². The van der Waals surface area contributed by atoms with Gasteiger partial charge in [-0.25, -0.2) is 8.78 Å². The number of hydrogen-bond donors (Lipinski definition) is 3. The lowest BCUT2D eigenvalue weighted by molar-refractivity contribution is -0.274. The van der Waals surface area contributed by atoms with Crippen LogP contribution in [0.4, 0.5) is 22.0 Å². The lowest BCUT2D eigenvalue weighted by Gasteiger charge is -2.19. The Hall–Kier alpha value is -4.19. The van der Waals surface area contributed by atoms with E-state index in [2.05, 4.69) is 10.1 Å². The van der Waals surface area contributed by atoms with Crippen LogP contribution in [0.25, 0.3) is 0 Å². The molecule has 0 radical (unpaired) electrons. The molecular formula is C25H22F5N3O4. The molecule has 0 heterocycles. The number of halogens is 5. The van der Waals surface area contributed by atoms with E-state index in [0.29, 0.717) is 11.1 Å². The first-order valence-electron chi connectivity index (χ1n) is 10.8. The summed E-state index contributed by atoms with van der Waals surface area (Å²) in [6.07, 6.45) is -6.55. The van der Waals surface area contributed by atoms with Crippen molar-refractivity contribution < 1.29 is 41.0 Å². The predicted octanol–water partition coefficient (Wildman–Crippen LogP) is 5.33. The fourth-order valence-corrected chi connectivity index (χ4v) is 3.28. The van der Waals surface area contributed by atoms with Gasteiger partial charge in [-0.15, -0.1) is 13.2 Å². The van der Waals surface area contributed by atoms with Gasteiger partial charge < -0.3 is 25.3 Å². The van der Waals surface area contributed by atoms with Gasteiger partial charge in [0.1, 0.15) is 34.7 Å². The summed E-state index contributed by atoms with van der Waals surface area (Å²) in [5.74, 6) is -4.33. The Morgan fingerprint density at radius 2 is 1.62 bits per heavy atom. The number of nitrogens with two attached hydrogens (primary N) is 1. The maximum atomic E-state index is 14.9. The highest BCUT2D eigenvalue weighted by atomic mass is 19.4. The number of amidine groups is 1. The lowest BCUT2D eigenvalue weighted by atomic mass is 10.1. The highest BCUT2D eigenvalue weighted by Crippen LogP contribution is 2.32. The van der Waals surface area contributed by atoms with Crippen LogP contribution in [-0.4, -0.2) is 24.7 Å². The smallest absolute Gasteiger partial charge is 0.457 e. The standard InChI is InChI=1S/C25H22F5N3O4/c1-2-35-22(24(34)33-13-14-6-8-15(9-7-14)23(31)32)21-19(26)11-18(12-20(21)27)36-16-4-3-5-17(10-16)37-25(28,29)30/h3-12,22H,2,13H2,1H3,(H3,31,32)(H,33,34). The molecule has 4 N–H and O–H groups in total. The van der Waals surface area contributed by atoms with Crippen molar-refractivity contribution in [3.05, 3.63) is 89.0 Å². The molecule has 0 aromatic heterocycles. The molecule has 0 saturated carbocycles. The summed E-state index contributed by atoms with van der Waals surface area (Å²) in [6, 6.07) is 12.4. The van der Waals surface area contributed by atoms with E-state index in [-0.39, 0.29) is 30.5 Å². The second kappa shape index (κ2) is 11.7. The molecule has 0 fully saturated rings. The number of alkyl halides is 3. The Morgan fingerprint density at radius 3 is 2.19 bits per heavy atom. The third-order valence-electron chi connectivity index (χ3n) is 4.89. The molecule has 3 aromatic rings. The average molecular weight is 523 g/mol. The molecule has 3 aromatic carbocycles. The highest BCUT2D eigenvalue weighted by molar-refractivity contribution is 5.94. The Labute approximate surface area is 208 Å². The molecule has 0 aliphatic heterocycles. The summed E-state index contributed by atoms with van der Waals surface area (Å²) in [7, 11) is 0. The lowest BCUT2D eigenvalue weighted by Crippen LogP contribution is -2.31. The van der Waals surface area contributed by atoms with Gasteiger partial charge in [-0.3, -0.25) is 10.2 Å². The van der Waals surface area contributed by atoms with Crippen LogP contribution in [0.15, 0.2) is 60.7 Å². The molecule has 3 rings (SSSR count). The number of nitrogen functional groups attached to an aromatic ring is 1. The zero-order chi connectivity index (χ0) is 27.2. The Balaban J connectivity index is 1.76. The molecule has 12 heteroatoms. The second-order valence-corrected chi connectivity index (χ2v) is 7.59. The van der Waals surface area contributed by atoms with Crippen LogP contribution in [0.1, 0.15) is 29.7 Å². The predicted molar refractivity (Wildman–Crippen MR) is 123 cm³/mol. The molecule has 0 aliphatic rings. The SMILES string of the molecule is CCOC(C(=O)NCc1ccc(C(=N)N)cc1)c1c(F)cc(Oc2cccc(OC(F)(F)F)c2)cc1F. The number of nitrogens with one attached hydrogen (secondary N) is 2. The molecular weight excluding hydrogens is 501 g/mol. The fraction of sp³-hybridized carbons (Fsp3) is 0.200. The van der Waals surface area contributed by atoms with Gasteiger partial charge in [0.2, 0.25) is 0 Å². The molecule has 37 heavy (non-hydrogen) atoms. The van der Waals surface area contributed by atoms with E-state index < -0.39 is 41.3 Å². The normalized spacial score (nSPS) is 12.1. The summed E-state index contributed by atoms with van der Waals surface area (Å²) in [4.78, 5) is 12.8. The maximum absolute atomic E-state index is 14.9. The topological polar surface area (TPSA) is 107 Å². The van der Waals surface area contributed by atoms with E-state index in [1.165, 1.54) is 12.1 Å². The van der Waals surface area contributed by atoms with Gasteiger partial charge in [-0.1, -0.05) is 30.3 Å². The summed E-state index contributed by atoms with van der Waals surface area (Å²) in [6.45, 7) is 1.53. The van der Waals surface area contributed by atoms with E-state index in [0.717, 1.165) is 24.3 Å². The van der Waals surface area contributed by atoms with Crippen molar-refractivity contribution in [1.29, 1.82) is 5.41 Å². The number of ether oxygens (including phenoxy) is 3. The van der Waals surface area contributed by atoms with Gasteiger partial charge >= 0.3 is 6.36 Å². The molecule has 0 bridgehead atoms. The van der Waals surface area contributed by atoms with Gasteiger partial charge in [0.15, 0.2) is 6.10 Å². The van der Waals surface area contributed by atoms with E-state index >= 15 is 0 Å². The average Bonchev–Trinajstić information content (AvgIpc) is 2.81. The van der Waals surface area contributed by atoms with Crippen molar-refractivity contribution in [2.45, 2.75) is 25.9 Å². The minimum atomic E-state index is -4.93. The summed E-state index contributed by atoms with van der Waals surface area (Å²) >= 11 is 0. The molecule has 1 unspecified atom stereocenters. The van der Waals surface area contributed by atoms with Crippen molar-refractivity contribution in [1.82, 2.24) is 5.32 Å². The third-order valence-corrected chi connectivity index (χ3v) is 4.89. The second-order valence-electron chi connectivity index (χ2n) is 7.59. The number of hydrogen-bond acceptors (Lipinski definition) is 5. The van der Waals surface area contributed by atoms with Crippen LogP contribution >= 0.6 is 0 Å². The molecule has 7 nitrogen and oxygen atoms in total. The zero-order valence-corrected chi connectivity index (χ0v) is 19.4. The fourth-order valence-electron chi connectivity index (χ4n) is 3.28. The van der Waals surface area contributed by atoms with Crippen LogP contribution in [0.5, 0.6) is 17.2 Å². The highest BCUT2D eigenvalue weighted by Gasteiger charge is 2.31. The summed E-state index contributed by atoms with van der Waals surface area (Å²) < 4.78 is 81.6. The van der Waals surface area contributed by atoms with Crippen molar-refractivity contribution in [3.63, 3.8) is 0 Å². The number of benzene rings is 3. The van der Waals surface area contributed by atoms with Gasteiger partial charge in [-0.2, -0.15) is 0 Å². The van der Waals surface area contributed by atoms with Gasteiger partial charge in [0.25, 0.3) is 5.91 Å². The van der Waals surface area contributed by atoms with E-state index in [1.54, 1.807) is 31.2 Å². The molecule has 1 amide bonds. The Bertz CT molecular complexity index is 1240. The first-order chi connectivity index (χ1) is 17.5. The van der Waals surface area contributed by atoms with Crippen LogP contribution in [0.2, 0.25) is 0 Å². The van der Waals surface area contributed by atoms with Crippen LogP contribution < -0.4 is 20.5 Å². The van der Waals surface area contributed by atoms with Crippen LogP contribution in [0.3, 0.4) is 0 Å². The van der Waals surface area contributed by atoms with Gasteiger partial charge in [0, 0.05) is 36.9 Å². The number of rotatable bonds is 10. The largest absolute Gasteiger partial charge is 0.573 e. The van der Waals surface area contributed by atoms with Crippen molar-refractivity contribution in [3.8, 4) is 17.2 Å². The maximum Gasteiger partial charge on any atom is 0.573 e. The number of amides is 1. The van der Waals surface area contributed by atoms with Crippen molar-refractivity contribution in [2.24, 2.45) is 5.73 Å². The first-order valence-corrected chi connectivity index (χ1v) is 10.8.